The van der Waals surface area contributed by atoms with Crippen molar-refractivity contribution in [2.24, 2.45) is 4.99 Å². The third-order valence-corrected chi connectivity index (χ3v) is 5.12. The van der Waals surface area contributed by atoms with E-state index in [0.29, 0.717) is 6.54 Å². The van der Waals surface area contributed by atoms with Crippen molar-refractivity contribution in [2.45, 2.75) is 26.4 Å². The number of rotatable bonds is 8. The summed E-state index contributed by atoms with van der Waals surface area (Å²) in [6, 6.07) is 18.8. The first kappa shape index (κ1) is 22.9. The number of nitrogens with one attached hydrogen (secondary N) is 3. The van der Waals surface area contributed by atoms with Crippen molar-refractivity contribution in [1.82, 2.24) is 25.4 Å². The van der Waals surface area contributed by atoms with Gasteiger partial charge in [0.1, 0.15) is 0 Å². The number of benzene rings is 2. The lowest BCUT2D eigenvalue weighted by Gasteiger charge is -2.12. The van der Waals surface area contributed by atoms with Crippen LogP contribution in [0.4, 0.5) is 0 Å². The number of hydrogen-bond donors (Lipinski definition) is 3. The topological polar surface area (TPSA) is 70.0 Å². The number of halogens is 1. The molecule has 2 aromatic carbocycles. The fourth-order valence-corrected chi connectivity index (χ4v) is 3.59. The zero-order chi connectivity index (χ0) is 20.6. The summed E-state index contributed by atoms with van der Waals surface area (Å²) in [7, 11) is 0. The summed E-state index contributed by atoms with van der Waals surface area (Å²) in [5, 5.41) is 12.4. The molecular weight excluding hydrogens is 499 g/mol. The van der Waals surface area contributed by atoms with E-state index in [9.17, 15) is 0 Å². The number of para-hydroxylation sites is 1. The Bertz CT molecular complexity index is 1100. The van der Waals surface area contributed by atoms with E-state index in [1.54, 1.807) is 0 Å². The van der Waals surface area contributed by atoms with Gasteiger partial charge in [0.2, 0.25) is 0 Å². The molecule has 3 N–H and O–H groups in total. The van der Waals surface area contributed by atoms with Crippen LogP contribution in [0, 0.1) is 0 Å². The highest BCUT2D eigenvalue weighted by atomic mass is 127. The van der Waals surface area contributed by atoms with Crippen LogP contribution in [-0.4, -0.2) is 33.8 Å². The minimum absolute atomic E-state index is 0. The van der Waals surface area contributed by atoms with Crippen molar-refractivity contribution in [3.05, 3.63) is 89.9 Å². The van der Waals surface area contributed by atoms with Gasteiger partial charge in [0.25, 0.3) is 0 Å². The molecule has 162 valence electrons. The minimum Gasteiger partial charge on any atom is -0.361 e. The largest absolute Gasteiger partial charge is 0.361 e. The van der Waals surface area contributed by atoms with E-state index in [-0.39, 0.29) is 24.0 Å². The van der Waals surface area contributed by atoms with Gasteiger partial charge in [-0.05, 0) is 42.2 Å². The van der Waals surface area contributed by atoms with E-state index >= 15 is 0 Å². The Morgan fingerprint density at radius 3 is 2.61 bits per heavy atom. The monoisotopic (exact) mass is 528 g/mol. The second-order valence-corrected chi connectivity index (χ2v) is 7.20. The van der Waals surface area contributed by atoms with Crippen LogP contribution >= 0.6 is 24.0 Å². The third kappa shape index (κ3) is 6.10. The summed E-state index contributed by atoms with van der Waals surface area (Å²) in [6.07, 6.45) is 6.82. The summed E-state index contributed by atoms with van der Waals surface area (Å²) >= 11 is 0. The number of aromatic nitrogens is 3. The van der Waals surface area contributed by atoms with Crippen molar-refractivity contribution in [2.75, 3.05) is 13.1 Å². The fraction of sp³-hybridized carbons (Fsp3) is 0.250. The van der Waals surface area contributed by atoms with Gasteiger partial charge in [0.15, 0.2) is 5.96 Å². The van der Waals surface area contributed by atoms with Crippen LogP contribution in [0.2, 0.25) is 0 Å². The molecule has 0 aliphatic rings. The van der Waals surface area contributed by atoms with Crippen molar-refractivity contribution in [1.29, 1.82) is 0 Å². The second kappa shape index (κ2) is 11.5. The van der Waals surface area contributed by atoms with E-state index < -0.39 is 0 Å². The Morgan fingerprint density at radius 1 is 1.00 bits per heavy atom. The van der Waals surface area contributed by atoms with Crippen LogP contribution in [0.1, 0.15) is 23.6 Å². The molecule has 2 heterocycles. The van der Waals surface area contributed by atoms with Crippen molar-refractivity contribution < 1.29 is 0 Å². The first-order chi connectivity index (χ1) is 14.8. The predicted molar refractivity (Wildman–Crippen MR) is 138 cm³/mol. The Morgan fingerprint density at radius 2 is 1.81 bits per heavy atom. The van der Waals surface area contributed by atoms with Gasteiger partial charge in [-0.3, -0.25) is 4.68 Å². The lowest BCUT2D eigenvalue weighted by atomic mass is 10.1. The Hall–Kier alpha value is -2.81. The molecule has 6 nitrogen and oxygen atoms in total. The molecule has 4 aromatic rings. The molecule has 0 saturated heterocycles. The van der Waals surface area contributed by atoms with Gasteiger partial charge in [-0.2, -0.15) is 5.10 Å². The Labute approximate surface area is 200 Å². The van der Waals surface area contributed by atoms with Crippen molar-refractivity contribution in [3.8, 4) is 0 Å². The summed E-state index contributed by atoms with van der Waals surface area (Å²) in [4.78, 5) is 8.15. The van der Waals surface area contributed by atoms with Crippen molar-refractivity contribution in [3.63, 3.8) is 0 Å². The summed E-state index contributed by atoms with van der Waals surface area (Å²) < 4.78 is 1.94. The zero-order valence-electron chi connectivity index (χ0n) is 17.7. The van der Waals surface area contributed by atoms with Gasteiger partial charge in [-0.1, -0.05) is 42.5 Å². The molecule has 4 rings (SSSR count). The average Bonchev–Trinajstić information content (AvgIpc) is 3.43. The number of H-pyrrole nitrogens is 1. The molecule has 0 unspecified atom stereocenters. The standard InChI is InChI=1S/C24H28N6.HI/c1-2-25-24(26-14-12-20-17-27-23-11-6-5-10-22(20)23)28-16-19-8-3-4-9-21(19)18-30-15-7-13-29-30;/h3-11,13,15,17,27H,2,12,14,16,18H2,1H3,(H2,25,26,28);1H. The van der Waals surface area contributed by atoms with Crippen LogP contribution in [0.3, 0.4) is 0 Å². The maximum atomic E-state index is 4.81. The number of fused-ring (bicyclic) bond motifs is 1. The number of guanidine groups is 1. The number of nitrogens with zero attached hydrogens (tertiary/aromatic N) is 3. The highest BCUT2D eigenvalue weighted by Gasteiger charge is 2.05. The molecule has 7 heteroatoms. The van der Waals surface area contributed by atoms with Crippen LogP contribution in [0.25, 0.3) is 10.9 Å². The van der Waals surface area contributed by atoms with Gasteiger partial charge in [-0.25, -0.2) is 4.99 Å². The van der Waals surface area contributed by atoms with E-state index in [1.807, 2.05) is 23.1 Å². The fourth-order valence-electron chi connectivity index (χ4n) is 3.59. The molecule has 0 fully saturated rings. The summed E-state index contributed by atoms with van der Waals surface area (Å²) in [5.74, 6) is 0.839. The molecule has 0 atom stereocenters. The Balaban J connectivity index is 0.00000272. The normalized spacial score (nSPS) is 11.3. The van der Waals surface area contributed by atoms with Gasteiger partial charge in [0.05, 0.1) is 13.1 Å². The highest BCUT2D eigenvalue weighted by molar-refractivity contribution is 14.0. The quantitative estimate of drug-likeness (QED) is 0.181. The Kier molecular flexibility index (Phi) is 8.52. The molecular formula is C24H29IN6. The molecule has 0 bridgehead atoms. The molecule has 31 heavy (non-hydrogen) atoms. The SMILES string of the molecule is CCNC(=NCc1ccccc1Cn1cccn1)NCCc1c[nH]c2ccccc12.I. The molecule has 0 radical (unpaired) electrons. The molecule has 0 saturated carbocycles. The predicted octanol–water partition coefficient (Wildman–Crippen LogP) is 4.33. The smallest absolute Gasteiger partial charge is 0.191 e. The number of aliphatic imine (C=N–C) groups is 1. The molecule has 0 amide bonds. The molecule has 0 aliphatic carbocycles. The van der Waals surface area contributed by atoms with Gasteiger partial charge >= 0.3 is 0 Å². The highest BCUT2D eigenvalue weighted by Crippen LogP contribution is 2.17. The first-order valence-electron chi connectivity index (χ1n) is 10.4. The minimum atomic E-state index is 0. The van der Waals surface area contributed by atoms with Crippen LogP contribution < -0.4 is 10.6 Å². The molecule has 0 spiro atoms. The summed E-state index contributed by atoms with van der Waals surface area (Å²) in [5.41, 5.74) is 4.95. The second-order valence-electron chi connectivity index (χ2n) is 7.20. The maximum absolute atomic E-state index is 4.81. The maximum Gasteiger partial charge on any atom is 0.191 e. The van der Waals surface area contributed by atoms with Crippen LogP contribution in [0.15, 0.2) is 78.2 Å². The van der Waals surface area contributed by atoms with E-state index in [4.69, 9.17) is 4.99 Å². The number of hydrogen-bond acceptors (Lipinski definition) is 2. The van der Waals surface area contributed by atoms with E-state index in [2.05, 4.69) is 82.4 Å². The molecule has 2 aromatic heterocycles. The lowest BCUT2D eigenvalue weighted by molar-refractivity contribution is 0.680. The summed E-state index contributed by atoms with van der Waals surface area (Å²) in [6.45, 7) is 5.11. The van der Waals surface area contributed by atoms with Crippen LogP contribution in [-0.2, 0) is 19.5 Å². The van der Waals surface area contributed by atoms with Gasteiger partial charge < -0.3 is 15.6 Å². The van der Waals surface area contributed by atoms with E-state index in [0.717, 1.165) is 32.0 Å². The molecule has 0 aliphatic heterocycles. The number of aromatic amines is 1. The van der Waals surface area contributed by atoms with Gasteiger partial charge in [-0.15, -0.1) is 24.0 Å². The van der Waals surface area contributed by atoms with Crippen molar-refractivity contribution >= 4 is 40.8 Å². The van der Waals surface area contributed by atoms with Gasteiger partial charge in [0, 0.05) is 42.6 Å². The van der Waals surface area contributed by atoms with Crippen LogP contribution in [0.5, 0.6) is 0 Å². The third-order valence-electron chi connectivity index (χ3n) is 5.12. The lowest BCUT2D eigenvalue weighted by Crippen LogP contribution is -2.38. The first-order valence-corrected chi connectivity index (χ1v) is 10.4. The zero-order valence-corrected chi connectivity index (χ0v) is 20.0. The average molecular weight is 528 g/mol. The van der Waals surface area contributed by atoms with E-state index in [1.165, 1.54) is 27.6 Å².